The number of H-pyrrole nitrogens is 1. The number of nitrogens with one attached hydrogen (secondary N) is 3. The number of carboxylic acids is 1. The molecule has 0 aliphatic carbocycles. The second kappa shape index (κ2) is 11.4. The van der Waals surface area contributed by atoms with E-state index in [1.165, 1.54) is 25.6 Å². The first-order valence-electron chi connectivity index (χ1n) is 10.5. The summed E-state index contributed by atoms with van der Waals surface area (Å²) in [6, 6.07) is 9.55. The Bertz CT molecular complexity index is 1450. The molecule has 7 N–H and O–H groups in total. The Morgan fingerprint density at radius 3 is 2.43 bits per heavy atom. The molecule has 14 heteroatoms. The van der Waals surface area contributed by atoms with Gasteiger partial charge in [0.1, 0.15) is 17.6 Å². The maximum absolute atomic E-state index is 15.0. The average Bonchev–Trinajstić information content (AvgIpc) is 3.26. The molecule has 0 spiro atoms. The monoisotopic (exact) mass is 510 g/mol. The van der Waals surface area contributed by atoms with Crippen LogP contribution < -0.4 is 21.5 Å². The number of nitrogen functional groups attached to an aromatic ring is 1. The summed E-state index contributed by atoms with van der Waals surface area (Å²) in [5, 5.41) is 32.3. The summed E-state index contributed by atoms with van der Waals surface area (Å²) in [7, 11) is 1.38. The predicted octanol–water partition coefficient (Wildman–Crippen LogP) is 1.78. The Balaban J connectivity index is 0.000000886. The molecule has 192 valence electrons. The van der Waals surface area contributed by atoms with E-state index < -0.39 is 29.3 Å². The highest BCUT2D eigenvalue weighted by atomic mass is 19.1. The number of phenolic OH excluding ortho intramolecular Hbond substituents is 1. The van der Waals surface area contributed by atoms with E-state index in [2.05, 4.69) is 25.4 Å². The molecule has 0 fully saturated rings. The topological polar surface area (TPSA) is 205 Å². The maximum atomic E-state index is 15.0. The molecule has 4 rings (SSSR count). The number of carboxylic acid groups (broad SMARTS) is 1. The number of nitrogens with two attached hydrogens (primary N) is 1. The van der Waals surface area contributed by atoms with Gasteiger partial charge in [0, 0.05) is 42.2 Å². The van der Waals surface area contributed by atoms with Gasteiger partial charge in [0.2, 0.25) is 0 Å². The number of carbonyl (C=O) groups is 1. The molecule has 0 aliphatic heterocycles. The lowest BCUT2D eigenvalue weighted by atomic mass is 10.0. The van der Waals surface area contributed by atoms with Crippen LogP contribution in [0, 0.1) is 11.2 Å². The molecule has 0 amide bonds. The van der Waals surface area contributed by atoms with Crippen molar-refractivity contribution in [1.29, 1.82) is 5.41 Å². The molecular formula is C23H23FN8O5. The summed E-state index contributed by atoms with van der Waals surface area (Å²) in [6.45, 7) is 1.08. The molecular weight excluding hydrogens is 487 g/mol. The Labute approximate surface area is 208 Å². The van der Waals surface area contributed by atoms with E-state index in [1.807, 2.05) is 0 Å². The Morgan fingerprint density at radius 1 is 1.24 bits per heavy atom. The number of hydrogen-bond donors (Lipinski definition) is 6. The highest BCUT2D eigenvalue weighted by molar-refractivity contribution is 5.95. The Hall–Kier alpha value is -5.27. The lowest BCUT2D eigenvalue weighted by molar-refractivity contribution is -0.134. The number of benzene rings is 2. The molecule has 1 atom stereocenters. The minimum Gasteiger partial charge on any atom is -0.505 e. The van der Waals surface area contributed by atoms with Crippen molar-refractivity contribution in [1.82, 2.24) is 24.7 Å². The first-order chi connectivity index (χ1) is 17.6. The van der Waals surface area contributed by atoms with Crippen LogP contribution in [0.25, 0.3) is 5.95 Å². The SMILES string of the molecule is CC(=O)O.COc1cc(O)c(F)c([C@H](Nc2ccc(C(=N)N)cc2)c2nn(-c3ncccn3)c(=O)[nH]2)c1. The van der Waals surface area contributed by atoms with Gasteiger partial charge >= 0.3 is 5.69 Å². The summed E-state index contributed by atoms with van der Waals surface area (Å²) in [5.41, 5.74) is 5.84. The summed E-state index contributed by atoms with van der Waals surface area (Å²) in [6.07, 6.45) is 2.91. The van der Waals surface area contributed by atoms with Crippen molar-refractivity contribution in [2.75, 3.05) is 12.4 Å². The number of amidine groups is 1. The minimum absolute atomic E-state index is 0.0302. The van der Waals surface area contributed by atoms with Crippen LogP contribution in [0.1, 0.15) is 29.9 Å². The molecule has 0 radical (unpaired) electrons. The van der Waals surface area contributed by atoms with Gasteiger partial charge in [-0.2, -0.15) is 0 Å². The van der Waals surface area contributed by atoms with Crippen molar-refractivity contribution in [3.05, 3.63) is 88.1 Å². The third-order valence-electron chi connectivity index (χ3n) is 4.76. The summed E-state index contributed by atoms with van der Waals surface area (Å²) in [5.74, 6) is -2.21. The van der Waals surface area contributed by atoms with Crippen LogP contribution in [0.4, 0.5) is 10.1 Å². The molecule has 37 heavy (non-hydrogen) atoms. The lowest BCUT2D eigenvalue weighted by Gasteiger charge is -2.20. The number of aromatic amines is 1. The van der Waals surface area contributed by atoms with Gasteiger partial charge in [0.05, 0.1) is 7.11 Å². The third-order valence-corrected chi connectivity index (χ3v) is 4.76. The molecule has 0 saturated carbocycles. The van der Waals surface area contributed by atoms with Gasteiger partial charge in [0.25, 0.3) is 11.9 Å². The van der Waals surface area contributed by atoms with Crippen LogP contribution in [-0.2, 0) is 4.79 Å². The molecule has 2 aromatic carbocycles. The fraction of sp³-hybridized carbons (Fsp3) is 0.130. The van der Waals surface area contributed by atoms with Crippen molar-refractivity contribution < 1.29 is 24.1 Å². The van der Waals surface area contributed by atoms with Gasteiger partial charge in [0.15, 0.2) is 17.4 Å². The van der Waals surface area contributed by atoms with Gasteiger partial charge in [-0.1, -0.05) is 0 Å². The van der Waals surface area contributed by atoms with Crippen LogP contribution in [0.3, 0.4) is 0 Å². The van der Waals surface area contributed by atoms with E-state index in [-0.39, 0.29) is 28.9 Å². The number of halogens is 1. The minimum atomic E-state index is -1.05. The number of hydrogen-bond acceptors (Lipinski definition) is 9. The molecule has 0 aliphatic rings. The summed E-state index contributed by atoms with van der Waals surface area (Å²) in [4.78, 5) is 32.2. The molecule has 13 nitrogen and oxygen atoms in total. The van der Waals surface area contributed by atoms with Crippen molar-refractivity contribution in [2.24, 2.45) is 5.73 Å². The van der Waals surface area contributed by atoms with Crippen LogP contribution in [0.2, 0.25) is 0 Å². The van der Waals surface area contributed by atoms with Crippen molar-refractivity contribution in [2.45, 2.75) is 13.0 Å². The number of anilines is 1. The molecule has 0 unspecified atom stereocenters. The fourth-order valence-corrected chi connectivity index (χ4v) is 3.14. The molecule has 0 saturated heterocycles. The number of aromatic nitrogens is 5. The summed E-state index contributed by atoms with van der Waals surface area (Å²) < 4.78 is 21.1. The van der Waals surface area contributed by atoms with E-state index >= 15 is 4.39 Å². The van der Waals surface area contributed by atoms with E-state index in [0.717, 1.165) is 17.7 Å². The van der Waals surface area contributed by atoms with Crippen LogP contribution in [0.5, 0.6) is 11.5 Å². The molecule has 0 bridgehead atoms. The molecule has 4 aromatic rings. The first kappa shape index (κ1) is 26.3. The number of aromatic hydroxyl groups is 1. The zero-order valence-corrected chi connectivity index (χ0v) is 19.6. The lowest BCUT2D eigenvalue weighted by Crippen LogP contribution is -2.18. The van der Waals surface area contributed by atoms with Gasteiger partial charge < -0.3 is 26.0 Å². The predicted molar refractivity (Wildman–Crippen MR) is 131 cm³/mol. The average molecular weight is 510 g/mol. The van der Waals surface area contributed by atoms with Crippen LogP contribution in [0.15, 0.2) is 59.7 Å². The van der Waals surface area contributed by atoms with Crippen molar-refractivity contribution in [3.8, 4) is 17.4 Å². The molecule has 2 heterocycles. The van der Waals surface area contributed by atoms with E-state index in [1.54, 1.807) is 30.3 Å². The summed E-state index contributed by atoms with van der Waals surface area (Å²) >= 11 is 0. The van der Waals surface area contributed by atoms with Crippen molar-refractivity contribution in [3.63, 3.8) is 0 Å². The third kappa shape index (κ3) is 6.45. The Kier molecular flexibility index (Phi) is 8.14. The van der Waals surface area contributed by atoms with Gasteiger partial charge in [-0.05, 0) is 36.4 Å². The van der Waals surface area contributed by atoms with Crippen molar-refractivity contribution >= 4 is 17.5 Å². The number of aliphatic carboxylic acids is 1. The zero-order chi connectivity index (χ0) is 27.1. The zero-order valence-electron chi connectivity index (χ0n) is 19.6. The number of ether oxygens (including phenoxy) is 1. The maximum Gasteiger partial charge on any atom is 0.350 e. The van der Waals surface area contributed by atoms with Gasteiger partial charge in [-0.25, -0.2) is 19.2 Å². The second-order valence-electron chi connectivity index (χ2n) is 7.41. The van der Waals surface area contributed by atoms with E-state index in [0.29, 0.717) is 11.3 Å². The normalized spacial score (nSPS) is 11.1. The largest absolute Gasteiger partial charge is 0.505 e. The number of phenols is 1. The van der Waals surface area contributed by atoms with Crippen LogP contribution in [-0.4, -0.2) is 53.9 Å². The van der Waals surface area contributed by atoms with Crippen LogP contribution >= 0.6 is 0 Å². The van der Waals surface area contributed by atoms with E-state index in [9.17, 15) is 9.90 Å². The smallest absolute Gasteiger partial charge is 0.350 e. The highest BCUT2D eigenvalue weighted by Crippen LogP contribution is 2.34. The molecule has 2 aromatic heterocycles. The quantitative estimate of drug-likeness (QED) is 0.157. The van der Waals surface area contributed by atoms with Gasteiger partial charge in [-0.15, -0.1) is 9.78 Å². The second-order valence-corrected chi connectivity index (χ2v) is 7.41. The Morgan fingerprint density at radius 2 is 1.86 bits per heavy atom. The van der Waals surface area contributed by atoms with Gasteiger partial charge in [-0.3, -0.25) is 15.2 Å². The standard InChI is InChI=1S/C21H19FN8O3.C2H4O2/c1-33-13-9-14(16(22)15(31)10-13)17(27-12-5-3-11(4-6-12)18(23)24)19-28-21(32)30(29-19)20-25-7-2-8-26-20;1-2(3)4/h2-10,17,27,31H,1H3,(H3,23,24)(H,28,29,32);1H3,(H,3,4)/t17-;/m0./s1. The number of methoxy groups -OCH3 is 1. The number of rotatable bonds is 7. The highest BCUT2D eigenvalue weighted by Gasteiger charge is 2.26. The number of nitrogens with zero attached hydrogens (tertiary/aromatic N) is 4. The fourth-order valence-electron chi connectivity index (χ4n) is 3.14. The van der Waals surface area contributed by atoms with E-state index in [4.69, 9.17) is 25.8 Å². The first-order valence-corrected chi connectivity index (χ1v) is 10.5.